The van der Waals surface area contributed by atoms with Crippen molar-refractivity contribution < 1.29 is 0 Å². The first-order valence-corrected chi connectivity index (χ1v) is 7.03. The molecule has 0 amide bonds. The van der Waals surface area contributed by atoms with E-state index in [4.69, 9.17) is 5.73 Å². The molecule has 0 fully saturated rings. The molecule has 0 unspecified atom stereocenters. The summed E-state index contributed by atoms with van der Waals surface area (Å²) in [7, 11) is 1.79. The molecule has 0 aliphatic heterocycles. The van der Waals surface area contributed by atoms with Crippen LogP contribution in [0.3, 0.4) is 0 Å². The second-order valence-corrected chi connectivity index (χ2v) is 5.43. The van der Waals surface area contributed by atoms with Gasteiger partial charge in [-0.15, -0.1) is 0 Å². The van der Waals surface area contributed by atoms with E-state index in [1.165, 1.54) is 0 Å². The van der Waals surface area contributed by atoms with Gasteiger partial charge in [0, 0.05) is 18.9 Å². The molecule has 0 saturated heterocycles. The smallest absolute Gasteiger partial charge is 0.222 e. The average Bonchev–Trinajstić information content (AvgIpc) is 2.40. The van der Waals surface area contributed by atoms with Crippen LogP contribution in [0.5, 0.6) is 0 Å². The van der Waals surface area contributed by atoms with Gasteiger partial charge in [0.25, 0.3) is 0 Å². The lowest BCUT2D eigenvalue weighted by molar-refractivity contribution is 0.859. The van der Waals surface area contributed by atoms with Crippen LogP contribution in [0.2, 0.25) is 0 Å². The summed E-state index contributed by atoms with van der Waals surface area (Å²) in [6.45, 7) is 4.24. The first-order valence-electron chi connectivity index (χ1n) is 6.24. The van der Waals surface area contributed by atoms with Crippen molar-refractivity contribution in [2.24, 2.45) is 0 Å². The van der Waals surface area contributed by atoms with Crippen LogP contribution >= 0.6 is 15.9 Å². The Balaban J connectivity index is 2.41. The highest BCUT2D eigenvalue weighted by atomic mass is 79.9. The highest BCUT2D eigenvalue weighted by Crippen LogP contribution is 2.30. The third-order valence-electron chi connectivity index (χ3n) is 2.84. The molecule has 2 rings (SSSR count). The number of hydrogen-bond acceptors (Lipinski definition) is 6. The van der Waals surface area contributed by atoms with E-state index in [9.17, 15) is 0 Å². The Morgan fingerprint density at radius 2 is 1.95 bits per heavy atom. The van der Waals surface area contributed by atoms with Gasteiger partial charge >= 0.3 is 0 Å². The molecule has 0 aliphatic carbocycles. The summed E-state index contributed by atoms with van der Waals surface area (Å²) >= 11 is 3.39. The number of halogens is 1. The monoisotopic (exact) mass is 336 g/mol. The maximum atomic E-state index is 5.59. The van der Waals surface area contributed by atoms with Crippen LogP contribution < -0.4 is 16.4 Å². The van der Waals surface area contributed by atoms with Crippen LogP contribution in [-0.4, -0.2) is 22.0 Å². The normalized spacial score (nSPS) is 10.7. The number of nitrogens with two attached hydrogens (primary N) is 1. The van der Waals surface area contributed by atoms with E-state index >= 15 is 0 Å². The zero-order chi connectivity index (χ0) is 14.7. The molecule has 0 bridgehead atoms. The molecular formula is C13H17BrN6. The summed E-state index contributed by atoms with van der Waals surface area (Å²) in [5, 5.41) is 6.33. The summed E-state index contributed by atoms with van der Waals surface area (Å²) in [5.41, 5.74) is 8.44. The van der Waals surface area contributed by atoms with Gasteiger partial charge in [-0.25, -0.2) is 9.97 Å². The number of pyridine rings is 1. The first kappa shape index (κ1) is 14.5. The minimum Gasteiger partial charge on any atom is -0.371 e. The molecule has 0 atom stereocenters. The zero-order valence-corrected chi connectivity index (χ0v) is 13.2. The van der Waals surface area contributed by atoms with Gasteiger partial charge in [-0.2, -0.15) is 4.98 Å². The Labute approximate surface area is 126 Å². The van der Waals surface area contributed by atoms with Crippen molar-refractivity contribution in [1.29, 1.82) is 0 Å². The van der Waals surface area contributed by atoms with E-state index in [1.54, 1.807) is 13.2 Å². The van der Waals surface area contributed by atoms with Gasteiger partial charge in [-0.3, -0.25) is 0 Å². The Morgan fingerprint density at radius 3 is 2.60 bits per heavy atom. The maximum absolute atomic E-state index is 5.59. The van der Waals surface area contributed by atoms with Crippen molar-refractivity contribution in [2.45, 2.75) is 19.8 Å². The van der Waals surface area contributed by atoms with E-state index in [0.717, 1.165) is 21.5 Å². The molecule has 0 spiro atoms. The quantitative estimate of drug-likeness (QED) is 0.743. The van der Waals surface area contributed by atoms with Gasteiger partial charge in [0.15, 0.2) is 5.82 Å². The van der Waals surface area contributed by atoms with Crippen molar-refractivity contribution in [3.05, 3.63) is 28.6 Å². The average molecular weight is 337 g/mol. The number of nitrogen functional groups attached to an aromatic ring is 1. The van der Waals surface area contributed by atoms with Crippen LogP contribution in [0.15, 0.2) is 23.1 Å². The van der Waals surface area contributed by atoms with Crippen molar-refractivity contribution in [2.75, 3.05) is 23.4 Å². The van der Waals surface area contributed by atoms with Crippen molar-refractivity contribution >= 4 is 39.1 Å². The highest BCUT2D eigenvalue weighted by molar-refractivity contribution is 9.10. The predicted octanol–water partition coefficient (Wildman–Crippen LogP) is 3.13. The van der Waals surface area contributed by atoms with Crippen LogP contribution in [0.1, 0.15) is 25.3 Å². The molecular weight excluding hydrogens is 320 g/mol. The Hall–Kier alpha value is -1.89. The number of nitrogens with zero attached hydrogens (tertiary/aromatic N) is 3. The molecule has 20 heavy (non-hydrogen) atoms. The zero-order valence-electron chi connectivity index (χ0n) is 11.6. The fraction of sp³-hybridized carbons (Fsp3) is 0.308. The largest absolute Gasteiger partial charge is 0.371 e. The summed E-state index contributed by atoms with van der Waals surface area (Å²) in [6, 6.07) is 1.94. The van der Waals surface area contributed by atoms with Gasteiger partial charge in [-0.05, 0) is 33.5 Å². The molecule has 2 aromatic rings. The predicted molar refractivity (Wildman–Crippen MR) is 85.3 cm³/mol. The molecule has 6 nitrogen and oxygen atoms in total. The lowest BCUT2D eigenvalue weighted by Crippen LogP contribution is -2.06. The lowest BCUT2D eigenvalue weighted by atomic mass is 10.0. The van der Waals surface area contributed by atoms with Crippen molar-refractivity contribution in [1.82, 2.24) is 15.0 Å². The van der Waals surface area contributed by atoms with E-state index in [1.807, 2.05) is 12.3 Å². The maximum Gasteiger partial charge on any atom is 0.222 e. The van der Waals surface area contributed by atoms with E-state index in [0.29, 0.717) is 11.7 Å². The minimum atomic E-state index is 0.236. The van der Waals surface area contributed by atoms with Crippen LogP contribution in [0.25, 0.3) is 0 Å². The molecule has 2 heterocycles. The molecule has 106 valence electrons. The van der Waals surface area contributed by atoms with Crippen molar-refractivity contribution in [3.8, 4) is 0 Å². The van der Waals surface area contributed by atoms with Crippen LogP contribution in [0.4, 0.5) is 23.1 Å². The number of aromatic nitrogens is 3. The Morgan fingerprint density at radius 1 is 1.20 bits per heavy atom. The Bertz CT molecular complexity index is 614. The van der Waals surface area contributed by atoms with Gasteiger partial charge in [-0.1, -0.05) is 13.8 Å². The van der Waals surface area contributed by atoms with E-state index in [-0.39, 0.29) is 5.95 Å². The standard InChI is InChI=1S/C13H17BrN6/c1-7(2)8-5-17-11(14)4-9(8)19-10-6-18-13(15)20-12(10)16-3/h4-7H,1-3H3,(H,17,19)(H3,15,16,18,20). The Kier molecular flexibility index (Phi) is 4.39. The summed E-state index contributed by atoms with van der Waals surface area (Å²) in [6.07, 6.45) is 3.51. The molecule has 0 aromatic carbocycles. The second-order valence-electron chi connectivity index (χ2n) is 4.61. The number of nitrogens with one attached hydrogen (secondary N) is 2. The highest BCUT2D eigenvalue weighted by Gasteiger charge is 2.11. The molecule has 0 radical (unpaired) electrons. The molecule has 0 saturated carbocycles. The minimum absolute atomic E-state index is 0.236. The van der Waals surface area contributed by atoms with E-state index < -0.39 is 0 Å². The fourth-order valence-electron chi connectivity index (χ4n) is 1.83. The van der Waals surface area contributed by atoms with Gasteiger partial charge in [0.1, 0.15) is 10.3 Å². The van der Waals surface area contributed by atoms with Gasteiger partial charge < -0.3 is 16.4 Å². The molecule has 4 N–H and O–H groups in total. The lowest BCUT2D eigenvalue weighted by Gasteiger charge is -2.16. The van der Waals surface area contributed by atoms with Crippen molar-refractivity contribution in [3.63, 3.8) is 0 Å². The first-order chi connectivity index (χ1) is 9.51. The van der Waals surface area contributed by atoms with Crippen LogP contribution in [0, 0.1) is 0 Å². The molecule has 0 aliphatic rings. The summed E-state index contributed by atoms with van der Waals surface area (Å²) in [4.78, 5) is 12.4. The molecule has 7 heteroatoms. The third-order valence-corrected chi connectivity index (χ3v) is 3.27. The van der Waals surface area contributed by atoms with Gasteiger partial charge in [0.05, 0.1) is 6.20 Å². The number of anilines is 4. The number of hydrogen-bond donors (Lipinski definition) is 3. The molecule has 2 aromatic heterocycles. The number of rotatable bonds is 4. The SMILES string of the molecule is CNc1nc(N)ncc1Nc1cc(Br)ncc1C(C)C. The van der Waals surface area contributed by atoms with Gasteiger partial charge in [0.2, 0.25) is 5.95 Å². The second kappa shape index (κ2) is 6.04. The third kappa shape index (κ3) is 3.16. The topological polar surface area (TPSA) is 88.8 Å². The summed E-state index contributed by atoms with van der Waals surface area (Å²) < 4.78 is 0.770. The fourth-order valence-corrected chi connectivity index (χ4v) is 2.16. The van der Waals surface area contributed by atoms with Crippen LogP contribution in [-0.2, 0) is 0 Å². The summed E-state index contributed by atoms with van der Waals surface area (Å²) in [5.74, 6) is 1.24. The van der Waals surface area contributed by atoms with E-state index in [2.05, 4.69) is 55.4 Å².